The average Bonchev–Trinajstić information content (AvgIpc) is 2.24. The zero-order valence-electron chi connectivity index (χ0n) is 9.11. The molecule has 0 aliphatic rings. The van der Waals surface area contributed by atoms with E-state index in [-0.39, 0.29) is 12.6 Å². The van der Waals surface area contributed by atoms with Crippen molar-refractivity contribution in [1.82, 2.24) is 10.2 Å². The Bertz CT molecular complexity index is 272. The lowest BCUT2D eigenvalue weighted by atomic mass is 10.3. The Morgan fingerprint density at radius 1 is 1.60 bits per heavy atom. The summed E-state index contributed by atoms with van der Waals surface area (Å²) in [4.78, 5) is 23.8. The van der Waals surface area contributed by atoms with E-state index in [4.69, 9.17) is 10.00 Å². The van der Waals surface area contributed by atoms with Crippen LogP contribution in [0.2, 0.25) is 0 Å². The molecule has 0 radical (unpaired) electrons. The summed E-state index contributed by atoms with van der Waals surface area (Å²) in [7, 11) is 3.03. The minimum absolute atomic E-state index is 0.170. The molecular weight excluding hydrogens is 198 g/mol. The molecule has 0 rings (SSSR count). The highest BCUT2D eigenvalue weighted by atomic mass is 16.5. The maximum Gasteiger partial charge on any atom is 0.311 e. The molecule has 0 bridgehead atoms. The van der Waals surface area contributed by atoms with E-state index in [0.717, 1.165) is 0 Å². The summed E-state index contributed by atoms with van der Waals surface area (Å²) < 4.78 is 4.86. The first kappa shape index (κ1) is 13.4. The topological polar surface area (TPSA) is 82.4 Å². The molecule has 0 aromatic rings. The Kier molecular flexibility index (Phi) is 6.06. The Hall–Kier alpha value is -1.61. The number of hydrogen-bond donors (Lipinski definition) is 1. The lowest BCUT2D eigenvalue weighted by Crippen LogP contribution is -2.46. The number of rotatable bonds is 4. The number of nitriles is 1. The van der Waals surface area contributed by atoms with Crippen LogP contribution in [0.5, 0.6) is 0 Å². The van der Waals surface area contributed by atoms with Crippen molar-refractivity contribution >= 4 is 11.8 Å². The van der Waals surface area contributed by atoms with Gasteiger partial charge >= 0.3 is 11.8 Å². The first-order valence-electron chi connectivity index (χ1n) is 4.45. The van der Waals surface area contributed by atoms with Crippen molar-refractivity contribution in [3.05, 3.63) is 0 Å². The lowest BCUT2D eigenvalue weighted by molar-refractivity contribution is -0.146. The number of methoxy groups -OCH3 is 1. The molecule has 0 aromatic carbocycles. The summed E-state index contributed by atoms with van der Waals surface area (Å²) in [5.74, 6) is -1.45. The number of nitrogens with zero attached hydrogens (tertiary/aromatic N) is 2. The Labute approximate surface area is 88.8 Å². The summed E-state index contributed by atoms with van der Waals surface area (Å²) in [6.07, 6.45) is 0. The summed E-state index contributed by atoms with van der Waals surface area (Å²) in [6.45, 7) is 1.95. The Balaban J connectivity index is 4.19. The molecule has 0 aromatic heterocycles. The van der Waals surface area contributed by atoms with E-state index in [0.29, 0.717) is 6.61 Å². The maximum atomic E-state index is 11.4. The molecule has 6 nitrogen and oxygen atoms in total. The fourth-order valence-corrected chi connectivity index (χ4v) is 0.909. The van der Waals surface area contributed by atoms with E-state index in [1.54, 1.807) is 13.0 Å². The van der Waals surface area contributed by atoms with Crippen LogP contribution in [0.3, 0.4) is 0 Å². The highest BCUT2D eigenvalue weighted by Gasteiger charge is 2.21. The number of nitrogens with one attached hydrogen (secondary N) is 1. The highest BCUT2D eigenvalue weighted by Crippen LogP contribution is 1.96. The molecule has 2 amide bonds. The molecule has 0 spiro atoms. The fraction of sp³-hybridized carbons (Fsp3) is 0.667. The Morgan fingerprint density at radius 2 is 2.20 bits per heavy atom. The van der Waals surface area contributed by atoms with Crippen molar-refractivity contribution in [3.8, 4) is 6.07 Å². The van der Waals surface area contributed by atoms with E-state index in [1.165, 1.54) is 19.1 Å². The summed E-state index contributed by atoms with van der Waals surface area (Å²) >= 11 is 0. The first-order valence-corrected chi connectivity index (χ1v) is 4.45. The van der Waals surface area contributed by atoms with Gasteiger partial charge in [0.25, 0.3) is 0 Å². The van der Waals surface area contributed by atoms with Gasteiger partial charge in [0.15, 0.2) is 0 Å². The van der Waals surface area contributed by atoms with Crippen LogP contribution in [0.15, 0.2) is 0 Å². The lowest BCUT2D eigenvalue weighted by Gasteiger charge is -2.23. The van der Waals surface area contributed by atoms with Crippen molar-refractivity contribution in [2.45, 2.75) is 13.0 Å². The minimum Gasteiger partial charge on any atom is -0.383 e. The molecule has 0 saturated heterocycles. The molecule has 0 saturated carbocycles. The van der Waals surface area contributed by atoms with Gasteiger partial charge in [0, 0.05) is 14.2 Å². The molecular formula is C9H15N3O3. The second kappa shape index (κ2) is 6.79. The maximum absolute atomic E-state index is 11.4. The van der Waals surface area contributed by atoms with Crippen LogP contribution in [0.25, 0.3) is 0 Å². The summed E-state index contributed by atoms with van der Waals surface area (Å²) in [5.41, 5.74) is 0. The second-order valence-electron chi connectivity index (χ2n) is 3.06. The zero-order valence-corrected chi connectivity index (χ0v) is 9.11. The fourth-order valence-electron chi connectivity index (χ4n) is 0.909. The zero-order chi connectivity index (χ0) is 11.8. The molecule has 1 unspecified atom stereocenters. The number of carbonyl (C=O) groups is 2. The second-order valence-corrected chi connectivity index (χ2v) is 3.06. The van der Waals surface area contributed by atoms with Crippen LogP contribution < -0.4 is 5.32 Å². The van der Waals surface area contributed by atoms with E-state index in [1.807, 2.05) is 0 Å². The van der Waals surface area contributed by atoms with Gasteiger partial charge in [-0.3, -0.25) is 9.59 Å². The molecule has 0 heterocycles. The number of ether oxygens (including phenoxy) is 1. The predicted molar refractivity (Wildman–Crippen MR) is 52.7 cm³/mol. The molecule has 0 aliphatic carbocycles. The molecule has 6 heteroatoms. The monoisotopic (exact) mass is 213 g/mol. The third kappa shape index (κ3) is 4.42. The third-order valence-electron chi connectivity index (χ3n) is 1.91. The van der Waals surface area contributed by atoms with E-state index >= 15 is 0 Å². The molecule has 0 aliphatic heterocycles. The number of amides is 2. The molecule has 1 N–H and O–H groups in total. The van der Waals surface area contributed by atoms with Crippen LogP contribution in [-0.4, -0.2) is 50.1 Å². The third-order valence-corrected chi connectivity index (χ3v) is 1.91. The van der Waals surface area contributed by atoms with Crippen LogP contribution >= 0.6 is 0 Å². The van der Waals surface area contributed by atoms with Crippen LogP contribution in [0.1, 0.15) is 6.92 Å². The summed E-state index contributed by atoms with van der Waals surface area (Å²) in [5, 5.41) is 10.4. The van der Waals surface area contributed by atoms with Crippen molar-refractivity contribution < 1.29 is 14.3 Å². The van der Waals surface area contributed by atoms with Crippen molar-refractivity contribution in [2.75, 3.05) is 27.3 Å². The molecule has 15 heavy (non-hydrogen) atoms. The van der Waals surface area contributed by atoms with Gasteiger partial charge in [0.1, 0.15) is 6.54 Å². The average molecular weight is 213 g/mol. The summed E-state index contributed by atoms with van der Waals surface area (Å²) in [6, 6.07) is 1.53. The van der Waals surface area contributed by atoms with E-state index < -0.39 is 11.8 Å². The molecule has 1 atom stereocenters. The van der Waals surface area contributed by atoms with Crippen LogP contribution in [0, 0.1) is 11.3 Å². The van der Waals surface area contributed by atoms with Gasteiger partial charge in [-0.25, -0.2) is 0 Å². The molecule has 0 fully saturated rings. The standard InChI is InChI=1S/C9H15N3O3/c1-7(6-15-3)12(2)9(14)8(13)11-5-4-10/h7H,5-6H2,1-3H3,(H,11,13). The van der Waals surface area contributed by atoms with Crippen molar-refractivity contribution in [3.63, 3.8) is 0 Å². The predicted octanol–water partition coefficient (Wildman–Crippen LogP) is -0.881. The van der Waals surface area contributed by atoms with E-state index in [9.17, 15) is 9.59 Å². The van der Waals surface area contributed by atoms with Crippen LogP contribution in [0.4, 0.5) is 0 Å². The van der Waals surface area contributed by atoms with Crippen LogP contribution in [-0.2, 0) is 14.3 Å². The minimum atomic E-state index is -0.776. The van der Waals surface area contributed by atoms with Gasteiger partial charge in [0.05, 0.1) is 18.7 Å². The van der Waals surface area contributed by atoms with Gasteiger partial charge in [-0.2, -0.15) is 5.26 Å². The highest BCUT2D eigenvalue weighted by molar-refractivity contribution is 6.35. The van der Waals surface area contributed by atoms with Gasteiger partial charge in [-0.05, 0) is 6.92 Å². The van der Waals surface area contributed by atoms with Gasteiger partial charge in [-0.1, -0.05) is 0 Å². The first-order chi connectivity index (χ1) is 7.04. The van der Waals surface area contributed by atoms with Gasteiger partial charge in [0.2, 0.25) is 0 Å². The number of hydrogen-bond acceptors (Lipinski definition) is 4. The molecule has 84 valence electrons. The van der Waals surface area contributed by atoms with E-state index in [2.05, 4.69) is 5.32 Å². The van der Waals surface area contributed by atoms with Gasteiger partial charge < -0.3 is 15.0 Å². The van der Waals surface area contributed by atoms with Crippen molar-refractivity contribution in [1.29, 1.82) is 5.26 Å². The normalized spacial score (nSPS) is 11.3. The number of likely N-dealkylation sites (N-methyl/N-ethyl adjacent to an activating group) is 1. The Morgan fingerprint density at radius 3 is 2.67 bits per heavy atom. The quantitative estimate of drug-likeness (QED) is 0.485. The van der Waals surface area contributed by atoms with Gasteiger partial charge in [-0.15, -0.1) is 0 Å². The largest absolute Gasteiger partial charge is 0.383 e. The number of carbonyl (C=O) groups excluding carboxylic acids is 2. The smallest absolute Gasteiger partial charge is 0.311 e. The SMILES string of the molecule is COCC(C)N(C)C(=O)C(=O)NCC#N. The van der Waals surface area contributed by atoms with Crippen molar-refractivity contribution in [2.24, 2.45) is 0 Å².